The zero-order valence-electron chi connectivity index (χ0n) is 17.9. The summed E-state index contributed by atoms with van der Waals surface area (Å²) in [6.45, 7) is 1.46. The molecule has 164 valence electrons. The lowest BCUT2D eigenvalue weighted by atomic mass is 9.83. The minimum Gasteiger partial charge on any atom is -0.342 e. The zero-order valence-corrected chi connectivity index (χ0v) is 17.9. The van der Waals surface area contributed by atoms with Crippen molar-refractivity contribution in [3.63, 3.8) is 0 Å². The van der Waals surface area contributed by atoms with Gasteiger partial charge < -0.3 is 10.2 Å². The molecule has 0 bridgehead atoms. The van der Waals surface area contributed by atoms with Gasteiger partial charge in [0.2, 0.25) is 5.91 Å². The van der Waals surface area contributed by atoms with Crippen LogP contribution in [0.1, 0.15) is 43.8 Å². The Bertz CT molecular complexity index is 1100. The molecule has 1 aliphatic heterocycles. The molecule has 1 saturated carbocycles. The third-order valence-electron chi connectivity index (χ3n) is 6.37. The van der Waals surface area contributed by atoms with Crippen LogP contribution in [-0.2, 0) is 4.79 Å². The maximum absolute atomic E-state index is 13.7. The van der Waals surface area contributed by atoms with Crippen molar-refractivity contribution in [2.45, 2.75) is 38.0 Å². The van der Waals surface area contributed by atoms with E-state index in [2.05, 4.69) is 10.3 Å². The number of carbonyl (C=O) groups is 1. The number of piperidine rings is 1. The van der Waals surface area contributed by atoms with Gasteiger partial charge in [0, 0.05) is 54.6 Å². The number of nitrogens with one attached hydrogen (secondary N) is 1. The molecule has 6 nitrogen and oxygen atoms in total. The van der Waals surface area contributed by atoms with Gasteiger partial charge in [0.05, 0.1) is 5.69 Å². The van der Waals surface area contributed by atoms with Crippen molar-refractivity contribution in [2.75, 3.05) is 18.4 Å². The van der Waals surface area contributed by atoms with Gasteiger partial charge >= 0.3 is 0 Å². The summed E-state index contributed by atoms with van der Waals surface area (Å²) in [5.41, 5.74) is 2.34. The number of carbonyl (C=O) groups excluding carboxylic acids is 1. The highest BCUT2D eigenvalue weighted by Crippen LogP contribution is 2.33. The number of aromatic nitrogens is 3. The van der Waals surface area contributed by atoms with E-state index in [0.29, 0.717) is 23.9 Å². The van der Waals surface area contributed by atoms with Crippen LogP contribution in [0.5, 0.6) is 0 Å². The van der Waals surface area contributed by atoms with E-state index in [-0.39, 0.29) is 23.6 Å². The van der Waals surface area contributed by atoms with Crippen LogP contribution in [-0.4, -0.2) is 38.8 Å². The summed E-state index contributed by atoms with van der Waals surface area (Å²) in [6.07, 6.45) is 8.52. The second kappa shape index (κ2) is 9.02. The number of nitrogens with zero attached hydrogens (tertiary/aromatic N) is 4. The van der Waals surface area contributed by atoms with Crippen molar-refractivity contribution in [2.24, 2.45) is 5.92 Å². The Morgan fingerprint density at radius 2 is 1.88 bits per heavy atom. The summed E-state index contributed by atoms with van der Waals surface area (Å²) in [4.78, 5) is 28.6. The van der Waals surface area contributed by atoms with Gasteiger partial charge in [-0.2, -0.15) is 0 Å². The number of pyridine rings is 1. The van der Waals surface area contributed by atoms with E-state index < -0.39 is 0 Å². The highest BCUT2D eigenvalue weighted by atomic mass is 19.1. The number of amides is 1. The summed E-state index contributed by atoms with van der Waals surface area (Å²) < 4.78 is 13.7. The average Bonchev–Trinajstić information content (AvgIpc) is 2.78. The molecule has 2 aliphatic rings. The van der Waals surface area contributed by atoms with Crippen molar-refractivity contribution in [1.82, 2.24) is 19.9 Å². The lowest BCUT2D eigenvalue weighted by Gasteiger charge is -2.36. The van der Waals surface area contributed by atoms with Crippen LogP contribution in [0.25, 0.3) is 11.3 Å². The van der Waals surface area contributed by atoms with Crippen LogP contribution in [0.15, 0.2) is 54.9 Å². The van der Waals surface area contributed by atoms with E-state index in [1.807, 2.05) is 23.1 Å². The van der Waals surface area contributed by atoms with Crippen LogP contribution in [0.4, 0.5) is 15.9 Å². The van der Waals surface area contributed by atoms with Gasteiger partial charge in [0.15, 0.2) is 0 Å². The Labute approximate surface area is 186 Å². The molecule has 3 heterocycles. The summed E-state index contributed by atoms with van der Waals surface area (Å²) in [5, 5.41) is 3.22. The molecule has 0 spiro atoms. The van der Waals surface area contributed by atoms with E-state index in [1.54, 1.807) is 24.5 Å². The predicted molar refractivity (Wildman–Crippen MR) is 121 cm³/mol. The number of halogens is 1. The van der Waals surface area contributed by atoms with Crippen LogP contribution in [0, 0.1) is 11.7 Å². The number of hydrogen-bond acceptors (Lipinski definition) is 5. The minimum atomic E-state index is -0.309. The first-order valence-electron chi connectivity index (χ1n) is 11.3. The number of anilines is 2. The highest BCUT2D eigenvalue weighted by Gasteiger charge is 2.33. The third kappa shape index (κ3) is 4.47. The topological polar surface area (TPSA) is 71.0 Å². The molecule has 2 aromatic heterocycles. The lowest BCUT2D eigenvalue weighted by molar-refractivity contribution is -0.139. The maximum atomic E-state index is 13.7. The van der Waals surface area contributed by atoms with Crippen molar-refractivity contribution < 1.29 is 9.18 Å². The molecule has 1 aromatic carbocycles. The smallest absolute Gasteiger partial charge is 0.225 e. The molecule has 1 atom stereocenters. The highest BCUT2D eigenvalue weighted by molar-refractivity contribution is 5.79. The molecular formula is C25H26FN5O. The molecule has 3 aromatic rings. The van der Waals surface area contributed by atoms with E-state index in [1.165, 1.54) is 12.1 Å². The number of likely N-dealkylation sites (tertiary alicyclic amines) is 1. The predicted octanol–water partition coefficient (Wildman–Crippen LogP) is 4.93. The fraction of sp³-hybridized carbons (Fsp3) is 0.360. The third-order valence-corrected chi connectivity index (χ3v) is 6.37. The SMILES string of the molecule is O=C(C1CCC1)N1CCC[C@H](c2nc(Nc3cccc(F)c3)cc(-c3ccncc3)n2)C1. The van der Waals surface area contributed by atoms with E-state index in [4.69, 9.17) is 9.97 Å². The van der Waals surface area contributed by atoms with Gasteiger partial charge in [-0.15, -0.1) is 0 Å². The van der Waals surface area contributed by atoms with E-state index >= 15 is 0 Å². The van der Waals surface area contributed by atoms with E-state index in [9.17, 15) is 9.18 Å². The normalized spacial score (nSPS) is 18.8. The van der Waals surface area contributed by atoms with Crippen LogP contribution in [0.3, 0.4) is 0 Å². The number of hydrogen-bond donors (Lipinski definition) is 1. The Morgan fingerprint density at radius 3 is 2.62 bits per heavy atom. The number of rotatable bonds is 5. The van der Waals surface area contributed by atoms with Crippen molar-refractivity contribution in [3.05, 3.63) is 66.5 Å². The van der Waals surface area contributed by atoms with Gasteiger partial charge in [0.25, 0.3) is 0 Å². The molecule has 7 heteroatoms. The summed E-state index contributed by atoms with van der Waals surface area (Å²) in [7, 11) is 0. The van der Waals surface area contributed by atoms with Gasteiger partial charge in [-0.25, -0.2) is 14.4 Å². The molecule has 1 N–H and O–H groups in total. The number of benzene rings is 1. The quantitative estimate of drug-likeness (QED) is 0.620. The fourth-order valence-electron chi connectivity index (χ4n) is 4.40. The summed E-state index contributed by atoms with van der Waals surface area (Å²) in [5.74, 6) is 1.56. The standard InChI is InChI=1S/C25H26FN5O/c26-20-7-2-8-21(14-20)28-23-15-22(17-9-11-27-12-10-17)29-24(30-23)19-6-3-13-31(16-19)25(32)18-4-1-5-18/h2,7-12,14-15,18-19H,1,3-6,13,16H2,(H,28,29,30)/t19-/m0/s1. The summed E-state index contributed by atoms with van der Waals surface area (Å²) in [6, 6.07) is 12.0. The molecule has 1 amide bonds. The van der Waals surface area contributed by atoms with Crippen LogP contribution >= 0.6 is 0 Å². The largest absolute Gasteiger partial charge is 0.342 e. The molecule has 2 fully saturated rings. The second-order valence-electron chi connectivity index (χ2n) is 8.62. The Hall–Kier alpha value is -3.35. The van der Waals surface area contributed by atoms with Crippen molar-refractivity contribution in [3.8, 4) is 11.3 Å². The van der Waals surface area contributed by atoms with Crippen molar-refractivity contribution >= 4 is 17.4 Å². The fourth-order valence-corrected chi connectivity index (χ4v) is 4.40. The Balaban J connectivity index is 1.45. The van der Waals surface area contributed by atoms with Gasteiger partial charge in [-0.1, -0.05) is 12.5 Å². The Kier molecular flexibility index (Phi) is 5.79. The van der Waals surface area contributed by atoms with Gasteiger partial charge in [-0.05, 0) is 56.0 Å². The first-order chi connectivity index (χ1) is 15.7. The first kappa shape index (κ1) is 20.5. The molecule has 5 rings (SSSR count). The molecule has 1 saturated heterocycles. The van der Waals surface area contributed by atoms with Gasteiger partial charge in [0.1, 0.15) is 17.5 Å². The average molecular weight is 432 g/mol. The van der Waals surface area contributed by atoms with Crippen LogP contribution in [0.2, 0.25) is 0 Å². The monoisotopic (exact) mass is 431 g/mol. The molecule has 1 aliphatic carbocycles. The molecule has 32 heavy (non-hydrogen) atoms. The molecular weight excluding hydrogens is 405 g/mol. The van der Waals surface area contributed by atoms with Crippen LogP contribution < -0.4 is 5.32 Å². The second-order valence-corrected chi connectivity index (χ2v) is 8.62. The van der Waals surface area contributed by atoms with Crippen molar-refractivity contribution in [1.29, 1.82) is 0 Å². The zero-order chi connectivity index (χ0) is 21.9. The first-order valence-corrected chi connectivity index (χ1v) is 11.3. The lowest BCUT2D eigenvalue weighted by Crippen LogP contribution is -2.44. The van der Waals surface area contributed by atoms with Gasteiger partial charge in [-0.3, -0.25) is 9.78 Å². The Morgan fingerprint density at radius 1 is 1.03 bits per heavy atom. The molecule has 0 unspecified atom stereocenters. The minimum absolute atomic E-state index is 0.0719. The van der Waals surface area contributed by atoms with E-state index in [0.717, 1.165) is 49.9 Å². The summed E-state index contributed by atoms with van der Waals surface area (Å²) >= 11 is 0. The molecule has 0 radical (unpaired) electrons. The maximum Gasteiger partial charge on any atom is 0.225 e.